The highest BCUT2D eigenvalue weighted by molar-refractivity contribution is 7.99. The molecule has 0 bridgehead atoms. The van der Waals surface area contributed by atoms with Crippen LogP contribution >= 0.6 is 35.0 Å². The molecule has 0 aliphatic heterocycles. The van der Waals surface area contributed by atoms with Gasteiger partial charge in [-0.1, -0.05) is 47.8 Å². The minimum absolute atomic E-state index is 0.0543. The van der Waals surface area contributed by atoms with Crippen molar-refractivity contribution in [1.82, 2.24) is 20.1 Å². The molecule has 0 saturated heterocycles. The van der Waals surface area contributed by atoms with Gasteiger partial charge in [-0.25, -0.2) is 0 Å². The first-order valence-electron chi connectivity index (χ1n) is 8.39. The van der Waals surface area contributed by atoms with Gasteiger partial charge < -0.3 is 9.88 Å². The summed E-state index contributed by atoms with van der Waals surface area (Å²) in [4.78, 5) is 12.1. The molecule has 134 valence electrons. The summed E-state index contributed by atoms with van der Waals surface area (Å²) < 4.78 is 1.98. The van der Waals surface area contributed by atoms with Gasteiger partial charge in [-0.3, -0.25) is 4.79 Å². The standard InChI is InChI=1S/C17H20Cl2N4OS/c1-2-23-16(11-7-8-13(18)14(19)9-11)21-22-17(23)25-10-15(24)20-12-5-3-4-6-12/h7-9,12H,2-6,10H2,1H3,(H,20,24). The molecule has 3 rings (SSSR count). The molecule has 1 heterocycles. The van der Waals surface area contributed by atoms with E-state index in [-0.39, 0.29) is 5.91 Å². The molecular weight excluding hydrogens is 379 g/mol. The molecule has 1 saturated carbocycles. The minimum atomic E-state index is 0.0543. The summed E-state index contributed by atoms with van der Waals surface area (Å²) in [5, 5.41) is 13.3. The number of carbonyl (C=O) groups excluding carboxylic acids is 1. The lowest BCUT2D eigenvalue weighted by Gasteiger charge is -2.12. The topological polar surface area (TPSA) is 59.8 Å². The summed E-state index contributed by atoms with van der Waals surface area (Å²) in [6.07, 6.45) is 4.58. The van der Waals surface area contributed by atoms with Gasteiger partial charge in [-0.2, -0.15) is 0 Å². The summed E-state index contributed by atoms with van der Waals surface area (Å²) in [7, 11) is 0. The molecule has 1 fully saturated rings. The van der Waals surface area contributed by atoms with Crippen LogP contribution in [0.15, 0.2) is 23.4 Å². The van der Waals surface area contributed by atoms with Crippen molar-refractivity contribution >= 4 is 40.9 Å². The molecule has 1 aliphatic rings. The van der Waals surface area contributed by atoms with E-state index < -0.39 is 0 Å². The number of hydrogen-bond acceptors (Lipinski definition) is 4. The zero-order valence-electron chi connectivity index (χ0n) is 14.0. The molecule has 25 heavy (non-hydrogen) atoms. The second kappa shape index (κ2) is 8.43. The highest BCUT2D eigenvalue weighted by Crippen LogP contribution is 2.29. The van der Waals surface area contributed by atoms with Crippen LogP contribution in [-0.2, 0) is 11.3 Å². The van der Waals surface area contributed by atoms with Crippen LogP contribution in [0.1, 0.15) is 32.6 Å². The Bertz CT molecular complexity index is 759. The van der Waals surface area contributed by atoms with Crippen LogP contribution < -0.4 is 5.32 Å². The molecule has 0 radical (unpaired) electrons. The number of nitrogens with one attached hydrogen (secondary N) is 1. The number of benzene rings is 1. The Morgan fingerprint density at radius 2 is 2.04 bits per heavy atom. The van der Waals surface area contributed by atoms with Crippen molar-refractivity contribution in [3.8, 4) is 11.4 Å². The molecule has 5 nitrogen and oxygen atoms in total. The van der Waals surface area contributed by atoms with E-state index in [1.54, 1.807) is 12.1 Å². The van der Waals surface area contributed by atoms with Gasteiger partial charge in [-0.15, -0.1) is 10.2 Å². The zero-order chi connectivity index (χ0) is 17.8. The van der Waals surface area contributed by atoms with Gasteiger partial charge >= 0.3 is 0 Å². The number of hydrogen-bond donors (Lipinski definition) is 1. The number of thioether (sulfide) groups is 1. The summed E-state index contributed by atoms with van der Waals surface area (Å²) in [6, 6.07) is 5.73. The lowest BCUT2D eigenvalue weighted by atomic mass is 10.2. The monoisotopic (exact) mass is 398 g/mol. The van der Waals surface area contributed by atoms with Crippen molar-refractivity contribution < 1.29 is 4.79 Å². The molecule has 1 N–H and O–H groups in total. The Labute approximate surface area is 161 Å². The molecule has 1 aromatic carbocycles. The summed E-state index contributed by atoms with van der Waals surface area (Å²) in [5.41, 5.74) is 0.853. The van der Waals surface area contributed by atoms with E-state index >= 15 is 0 Å². The molecule has 0 atom stereocenters. The molecule has 2 aromatic rings. The van der Waals surface area contributed by atoms with Crippen LogP contribution in [0.25, 0.3) is 11.4 Å². The smallest absolute Gasteiger partial charge is 0.230 e. The first kappa shape index (κ1) is 18.5. The summed E-state index contributed by atoms with van der Waals surface area (Å²) >= 11 is 13.5. The van der Waals surface area contributed by atoms with Gasteiger partial charge in [0.15, 0.2) is 11.0 Å². The van der Waals surface area contributed by atoms with Crippen molar-refractivity contribution in [2.75, 3.05) is 5.75 Å². The number of aromatic nitrogens is 3. The maximum Gasteiger partial charge on any atom is 0.230 e. The second-order valence-corrected chi connectivity index (χ2v) is 7.77. The van der Waals surface area contributed by atoms with Crippen molar-refractivity contribution in [2.45, 2.75) is 50.4 Å². The summed E-state index contributed by atoms with van der Waals surface area (Å²) in [6.45, 7) is 2.72. The van der Waals surface area contributed by atoms with Crippen LogP contribution in [0, 0.1) is 0 Å². The van der Waals surface area contributed by atoms with Gasteiger partial charge in [0.1, 0.15) is 0 Å². The fourth-order valence-corrected chi connectivity index (χ4v) is 4.11. The maximum absolute atomic E-state index is 12.1. The van der Waals surface area contributed by atoms with Crippen LogP contribution in [0.2, 0.25) is 10.0 Å². The predicted octanol–water partition coefficient (Wildman–Crippen LogP) is 4.42. The highest BCUT2D eigenvalue weighted by atomic mass is 35.5. The first-order valence-corrected chi connectivity index (χ1v) is 10.1. The third-order valence-corrected chi connectivity index (χ3v) is 5.97. The van der Waals surface area contributed by atoms with E-state index in [2.05, 4.69) is 15.5 Å². The molecule has 1 aromatic heterocycles. The maximum atomic E-state index is 12.1. The third-order valence-electron chi connectivity index (χ3n) is 4.26. The van der Waals surface area contributed by atoms with E-state index in [0.717, 1.165) is 29.4 Å². The number of amides is 1. The first-order chi connectivity index (χ1) is 12.1. The molecular formula is C17H20Cl2N4OS. The Morgan fingerprint density at radius 3 is 2.72 bits per heavy atom. The zero-order valence-corrected chi connectivity index (χ0v) is 16.3. The van der Waals surface area contributed by atoms with Gasteiger partial charge in [0, 0.05) is 18.2 Å². The van der Waals surface area contributed by atoms with E-state index in [1.165, 1.54) is 24.6 Å². The van der Waals surface area contributed by atoms with Gasteiger partial charge in [0.25, 0.3) is 0 Å². The molecule has 8 heteroatoms. The minimum Gasteiger partial charge on any atom is -0.353 e. The largest absolute Gasteiger partial charge is 0.353 e. The Balaban J connectivity index is 1.69. The Morgan fingerprint density at radius 1 is 1.28 bits per heavy atom. The van der Waals surface area contributed by atoms with Gasteiger partial charge in [-0.05, 0) is 38.0 Å². The van der Waals surface area contributed by atoms with Crippen LogP contribution in [-0.4, -0.2) is 32.5 Å². The molecule has 0 spiro atoms. The Hall–Kier alpha value is -1.24. The number of carbonyl (C=O) groups is 1. The van der Waals surface area contributed by atoms with E-state index in [4.69, 9.17) is 23.2 Å². The summed E-state index contributed by atoms with van der Waals surface area (Å²) in [5.74, 6) is 1.12. The second-order valence-electron chi connectivity index (χ2n) is 6.02. The van der Waals surface area contributed by atoms with Gasteiger partial charge in [0.05, 0.1) is 15.8 Å². The average molecular weight is 399 g/mol. The third kappa shape index (κ3) is 4.49. The Kier molecular flexibility index (Phi) is 6.25. The van der Waals surface area contributed by atoms with Crippen molar-refractivity contribution in [3.63, 3.8) is 0 Å². The molecule has 1 amide bonds. The number of nitrogens with zero attached hydrogens (tertiary/aromatic N) is 3. The van der Waals surface area contributed by atoms with Crippen molar-refractivity contribution in [1.29, 1.82) is 0 Å². The number of halogens is 2. The van der Waals surface area contributed by atoms with E-state index in [0.29, 0.717) is 28.4 Å². The van der Waals surface area contributed by atoms with Crippen LogP contribution in [0.3, 0.4) is 0 Å². The molecule has 0 unspecified atom stereocenters. The van der Waals surface area contributed by atoms with Crippen molar-refractivity contribution in [3.05, 3.63) is 28.2 Å². The quantitative estimate of drug-likeness (QED) is 0.731. The highest BCUT2D eigenvalue weighted by Gasteiger charge is 2.19. The average Bonchev–Trinajstić information content (AvgIpc) is 3.24. The van der Waals surface area contributed by atoms with Crippen LogP contribution in [0.4, 0.5) is 0 Å². The fraction of sp³-hybridized carbons (Fsp3) is 0.471. The fourth-order valence-electron chi connectivity index (χ4n) is 3.00. The lowest BCUT2D eigenvalue weighted by Crippen LogP contribution is -2.33. The van der Waals surface area contributed by atoms with Crippen molar-refractivity contribution in [2.24, 2.45) is 0 Å². The van der Waals surface area contributed by atoms with E-state index in [1.807, 2.05) is 17.6 Å². The van der Waals surface area contributed by atoms with Crippen LogP contribution in [0.5, 0.6) is 0 Å². The van der Waals surface area contributed by atoms with E-state index in [9.17, 15) is 4.79 Å². The SMILES string of the molecule is CCn1c(SCC(=O)NC2CCCC2)nnc1-c1ccc(Cl)c(Cl)c1. The molecule has 1 aliphatic carbocycles. The van der Waals surface area contributed by atoms with Gasteiger partial charge in [0.2, 0.25) is 5.91 Å². The lowest BCUT2D eigenvalue weighted by molar-refractivity contribution is -0.119. The number of rotatable bonds is 6. The predicted molar refractivity (Wildman–Crippen MR) is 102 cm³/mol. The normalized spacial score (nSPS) is 14.8.